The van der Waals surface area contributed by atoms with Gasteiger partial charge in [0.05, 0.1) is 11.4 Å². The summed E-state index contributed by atoms with van der Waals surface area (Å²) in [5, 5.41) is 0. The van der Waals surface area contributed by atoms with E-state index in [2.05, 4.69) is 15.0 Å². The Hall–Kier alpha value is -5.88. The standard InChI is InChI=1S/C37H28F2N6O6S3/c38-34-13-3-1-11-32(34)36-18-27(25-44(36)53(48,49)30-9-6-16-41-21-30)23-43(52(46,47)29-8-5-15-40-20-29)24-28-19-37(33-12-2-4-14-35(33)39)45(26-28)54(50,51)31-10-7-17-42-22-31/h1-22,25-26H,23-24H2. The van der Waals surface area contributed by atoms with Crippen molar-refractivity contribution < 1.29 is 34.0 Å². The molecule has 5 heterocycles. The molecule has 12 nitrogen and oxygen atoms in total. The van der Waals surface area contributed by atoms with Crippen LogP contribution in [0.15, 0.2) is 161 Å². The molecule has 2 aromatic carbocycles. The summed E-state index contributed by atoms with van der Waals surface area (Å²) < 4.78 is 117. The van der Waals surface area contributed by atoms with E-state index in [0.717, 1.165) is 30.8 Å². The van der Waals surface area contributed by atoms with Gasteiger partial charge in [-0.25, -0.2) is 42.0 Å². The molecule has 0 aliphatic carbocycles. The van der Waals surface area contributed by atoms with Crippen LogP contribution in [0.2, 0.25) is 0 Å². The van der Waals surface area contributed by atoms with Gasteiger partial charge in [-0.1, -0.05) is 24.3 Å². The van der Waals surface area contributed by atoms with E-state index in [-0.39, 0.29) is 48.3 Å². The first-order valence-electron chi connectivity index (χ1n) is 16.0. The molecule has 7 rings (SSSR count). The van der Waals surface area contributed by atoms with Crippen molar-refractivity contribution in [2.24, 2.45) is 0 Å². The highest BCUT2D eigenvalue weighted by molar-refractivity contribution is 7.90. The summed E-state index contributed by atoms with van der Waals surface area (Å²) >= 11 is 0. The van der Waals surface area contributed by atoms with E-state index < -0.39 is 54.8 Å². The van der Waals surface area contributed by atoms with Gasteiger partial charge in [-0.05, 0) is 83.9 Å². The molecule has 0 saturated carbocycles. The Morgan fingerprint density at radius 2 is 0.907 bits per heavy atom. The second-order valence-electron chi connectivity index (χ2n) is 11.9. The molecule has 5 aromatic heterocycles. The second-order valence-corrected chi connectivity index (χ2v) is 17.4. The van der Waals surface area contributed by atoms with Crippen LogP contribution in [0.3, 0.4) is 0 Å². The summed E-state index contributed by atoms with van der Waals surface area (Å²) in [5.74, 6) is -1.44. The van der Waals surface area contributed by atoms with Crippen molar-refractivity contribution in [2.75, 3.05) is 0 Å². The van der Waals surface area contributed by atoms with Gasteiger partial charge >= 0.3 is 0 Å². The van der Waals surface area contributed by atoms with Crippen LogP contribution in [0.4, 0.5) is 8.78 Å². The lowest BCUT2D eigenvalue weighted by Gasteiger charge is -2.21. The molecule has 0 spiro atoms. The molecular weight excluding hydrogens is 759 g/mol. The Morgan fingerprint density at radius 3 is 1.28 bits per heavy atom. The zero-order valence-corrected chi connectivity index (χ0v) is 30.3. The number of sulfonamides is 1. The SMILES string of the molecule is O=S(=O)(c1cccnc1)N(Cc1cc(-c2ccccc2F)n(S(=O)(=O)c2cccnc2)c1)Cc1cc(-c2ccccc2F)n(S(=O)(=O)c2cccnc2)c1. The summed E-state index contributed by atoms with van der Waals surface area (Å²) in [7, 11) is -13.2. The third kappa shape index (κ3) is 6.96. The Balaban J connectivity index is 1.38. The highest BCUT2D eigenvalue weighted by atomic mass is 32.2. The monoisotopic (exact) mass is 786 g/mol. The molecule has 0 radical (unpaired) electrons. The number of hydrogen-bond donors (Lipinski definition) is 0. The average Bonchev–Trinajstić information content (AvgIpc) is 3.82. The molecule has 0 fully saturated rings. The van der Waals surface area contributed by atoms with Crippen molar-refractivity contribution in [3.05, 3.63) is 169 Å². The van der Waals surface area contributed by atoms with Crippen molar-refractivity contribution in [3.8, 4) is 22.5 Å². The van der Waals surface area contributed by atoms with E-state index >= 15 is 8.78 Å². The lowest BCUT2D eigenvalue weighted by atomic mass is 10.1. The lowest BCUT2D eigenvalue weighted by Crippen LogP contribution is -2.30. The summed E-state index contributed by atoms with van der Waals surface area (Å²) in [4.78, 5) is 11.2. The molecule has 0 amide bonds. The predicted molar refractivity (Wildman–Crippen MR) is 194 cm³/mol. The second kappa shape index (κ2) is 14.5. The van der Waals surface area contributed by atoms with Gasteiger partial charge < -0.3 is 0 Å². The van der Waals surface area contributed by atoms with Crippen molar-refractivity contribution >= 4 is 30.1 Å². The molecule has 7 aromatic rings. The molecule has 0 aliphatic heterocycles. The minimum atomic E-state index is -4.44. The van der Waals surface area contributed by atoms with Crippen molar-refractivity contribution in [3.63, 3.8) is 0 Å². The first-order valence-corrected chi connectivity index (χ1v) is 20.3. The minimum Gasteiger partial charge on any atom is -0.263 e. The number of pyridine rings is 3. The van der Waals surface area contributed by atoms with E-state index in [1.807, 2.05) is 0 Å². The van der Waals surface area contributed by atoms with Gasteiger partial charge in [0, 0.05) is 73.8 Å². The third-order valence-corrected chi connectivity index (χ3v) is 13.4. The molecule has 0 saturated heterocycles. The molecule has 274 valence electrons. The van der Waals surface area contributed by atoms with Gasteiger partial charge in [0.2, 0.25) is 10.0 Å². The number of rotatable bonds is 12. The lowest BCUT2D eigenvalue weighted by molar-refractivity contribution is 0.401. The van der Waals surface area contributed by atoms with Gasteiger partial charge in [-0.15, -0.1) is 0 Å². The topological polar surface area (TPSA) is 154 Å². The van der Waals surface area contributed by atoms with E-state index in [0.29, 0.717) is 0 Å². The number of halogens is 2. The minimum absolute atomic E-state index is 0.0647. The van der Waals surface area contributed by atoms with Crippen LogP contribution in [-0.4, -0.2) is 52.5 Å². The zero-order chi connectivity index (χ0) is 38.1. The Kier molecular flexibility index (Phi) is 9.80. The quantitative estimate of drug-likeness (QED) is 0.146. The fourth-order valence-electron chi connectivity index (χ4n) is 5.80. The highest BCUT2D eigenvalue weighted by Crippen LogP contribution is 2.33. The number of hydrogen-bond acceptors (Lipinski definition) is 9. The van der Waals surface area contributed by atoms with Crippen LogP contribution in [-0.2, 0) is 43.2 Å². The van der Waals surface area contributed by atoms with Crippen LogP contribution < -0.4 is 0 Å². The summed E-state index contributed by atoms with van der Waals surface area (Å²) in [5.41, 5.74) is -0.00693. The zero-order valence-electron chi connectivity index (χ0n) is 27.9. The van der Waals surface area contributed by atoms with Gasteiger partial charge in [-0.2, -0.15) is 4.31 Å². The Bertz CT molecular complexity index is 2640. The molecule has 0 N–H and O–H groups in total. The van der Waals surface area contributed by atoms with Crippen LogP contribution in [0.25, 0.3) is 22.5 Å². The smallest absolute Gasteiger partial charge is 0.263 e. The molecule has 0 atom stereocenters. The first-order chi connectivity index (χ1) is 25.9. The van der Waals surface area contributed by atoms with E-state index in [1.54, 1.807) is 0 Å². The Morgan fingerprint density at radius 1 is 0.519 bits per heavy atom. The summed E-state index contributed by atoms with van der Waals surface area (Å²) in [6.45, 7) is -0.937. The maximum absolute atomic E-state index is 15.2. The van der Waals surface area contributed by atoms with Crippen LogP contribution >= 0.6 is 0 Å². The predicted octanol–water partition coefficient (Wildman–Crippen LogP) is 5.95. The van der Waals surface area contributed by atoms with E-state index in [1.165, 1.54) is 128 Å². The number of nitrogens with zero attached hydrogens (tertiary/aromatic N) is 6. The molecule has 0 aliphatic rings. The maximum atomic E-state index is 15.2. The number of aromatic nitrogens is 5. The molecular formula is C37H28F2N6O6S3. The maximum Gasteiger partial charge on any atom is 0.269 e. The van der Waals surface area contributed by atoms with Crippen LogP contribution in [0, 0.1) is 11.6 Å². The third-order valence-electron chi connectivity index (χ3n) is 8.36. The van der Waals surface area contributed by atoms with Gasteiger partial charge in [0.1, 0.15) is 26.3 Å². The van der Waals surface area contributed by atoms with Crippen molar-refractivity contribution in [2.45, 2.75) is 27.8 Å². The largest absolute Gasteiger partial charge is 0.269 e. The normalized spacial score (nSPS) is 12.3. The molecule has 54 heavy (non-hydrogen) atoms. The number of benzene rings is 2. The highest BCUT2D eigenvalue weighted by Gasteiger charge is 2.31. The van der Waals surface area contributed by atoms with Gasteiger partial charge in [0.15, 0.2) is 0 Å². The molecule has 0 bridgehead atoms. The summed E-state index contributed by atoms with van der Waals surface area (Å²) in [6.07, 6.45) is 9.97. The molecule has 17 heteroatoms. The van der Waals surface area contributed by atoms with Crippen molar-refractivity contribution in [1.82, 2.24) is 27.2 Å². The van der Waals surface area contributed by atoms with Gasteiger partial charge in [0.25, 0.3) is 20.0 Å². The summed E-state index contributed by atoms with van der Waals surface area (Å²) in [6, 6.07) is 22.0. The fourth-order valence-corrected chi connectivity index (χ4v) is 9.90. The fraction of sp³-hybridized carbons (Fsp3) is 0.0541. The first kappa shape index (κ1) is 36.5. The average molecular weight is 787 g/mol. The van der Waals surface area contributed by atoms with Crippen LogP contribution in [0.1, 0.15) is 11.1 Å². The Labute approximate surface area is 309 Å². The molecule has 0 unspecified atom stereocenters. The van der Waals surface area contributed by atoms with Crippen LogP contribution in [0.5, 0.6) is 0 Å². The van der Waals surface area contributed by atoms with Crippen molar-refractivity contribution in [1.29, 1.82) is 0 Å². The van der Waals surface area contributed by atoms with E-state index in [4.69, 9.17) is 0 Å². The van der Waals surface area contributed by atoms with E-state index in [9.17, 15) is 25.3 Å². The van der Waals surface area contributed by atoms with Gasteiger partial charge in [-0.3, -0.25) is 15.0 Å².